The number of carboxylic acids is 1. The van der Waals surface area contributed by atoms with Crippen LogP contribution in [0.5, 0.6) is 0 Å². The zero-order valence-electron chi connectivity index (χ0n) is 8.31. The molecule has 0 aliphatic carbocycles. The van der Waals surface area contributed by atoms with E-state index >= 15 is 0 Å². The van der Waals surface area contributed by atoms with E-state index in [0.29, 0.717) is 0 Å². The minimum absolute atomic E-state index is 0.144. The first-order chi connectivity index (χ1) is 6.99. The molecule has 5 N–H and O–H groups in total. The SMILES string of the molecule is NCC(=O)CN(CC(=O)O)CC(=O)CN. The number of carbonyl (C=O) groups excluding carboxylic acids is 2. The number of nitrogens with zero attached hydrogens (tertiary/aromatic N) is 1. The van der Waals surface area contributed by atoms with Gasteiger partial charge in [-0.1, -0.05) is 0 Å². The Hall–Kier alpha value is -1.31. The number of hydrogen-bond donors (Lipinski definition) is 3. The predicted molar refractivity (Wildman–Crippen MR) is 52.2 cm³/mol. The van der Waals surface area contributed by atoms with Crippen molar-refractivity contribution in [2.45, 2.75) is 0 Å². The minimum atomic E-state index is -1.11. The Labute approximate surface area is 87.0 Å². The van der Waals surface area contributed by atoms with Crippen LogP contribution in [0, 0.1) is 0 Å². The van der Waals surface area contributed by atoms with Crippen molar-refractivity contribution in [1.29, 1.82) is 0 Å². The second kappa shape index (κ2) is 7.04. The van der Waals surface area contributed by atoms with Crippen LogP contribution in [0.25, 0.3) is 0 Å². The molecule has 0 fully saturated rings. The highest BCUT2D eigenvalue weighted by Crippen LogP contribution is 1.89. The third-order valence-corrected chi connectivity index (χ3v) is 1.61. The van der Waals surface area contributed by atoms with Crippen LogP contribution in [0.3, 0.4) is 0 Å². The molecule has 0 amide bonds. The molecule has 0 bridgehead atoms. The number of Topliss-reactive ketones (excluding diaryl/α,β-unsaturated/α-hetero) is 2. The Balaban J connectivity index is 4.23. The average molecular weight is 217 g/mol. The van der Waals surface area contributed by atoms with Crippen LogP contribution in [0.15, 0.2) is 0 Å². The molecule has 0 saturated carbocycles. The van der Waals surface area contributed by atoms with Crippen molar-refractivity contribution >= 4 is 17.5 Å². The number of aliphatic carboxylic acids is 1. The van der Waals surface area contributed by atoms with Crippen molar-refractivity contribution in [3.05, 3.63) is 0 Å². The Morgan fingerprint density at radius 2 is 1.33 bits per heavy atom. The largest absolute Gasteiger partial charge is 0.480 e. The van der Waals surface area contributed by atoms with Gasteiger partial charge in [0.25, 0.3) is 0 Å². The fourth-order valence-electron chi connectivity index (χ4n) is 0.987. The zero-order valence-corrected chi connectivity index (χ0v) is 8.31. The summed E-state index contributed by atoms with van der Waals surface area (Å²) in [6, 6.07) is 0. The van der Waals surface area contributed by atoms with E-state index in [1.807, 2.05) is 0 Å². The summed E-state index contributed by atoms with van der Waals surface area (Å²) in [7, 11) is 0. The minimum Gasteiger partial charge on any atom is -0.480 e. The van der Waals surface area contributed by atoms with Gasteiger partial charge in [-0.05, 0) is 0 Å². The number of rotatable bonds is 8. The van der Waals surface area contributed by atoms with Gasteiger partial charge in [0.2, 0.25) is 0 Å². The zero-order chi connectivity index (χ0) is 11.8. The first-order valence-corrected chi connectivity index (χ1v) is 4.37. The lowest BCUT2D eigenvalue weighted by Crippen LogP contribution is -2.41. The summed E-state index contributed by atoms with van der Waals surface area (Å²) in [6.45, 7) is -1.01. The maximum atomic E-state index is 11.0. The smallest absolute Gasteiger partial charge is 0.317 e. The number of carbonyl (C=O) groups is 3. The Kier molecular flexibility index (Phi) is 6.43. The summed E-state index contributed by atoms with van der Waals surface area (Å²) in [5, 5.41) is 8.53. The lowest BCUT2D eigenvalue weighted by Gasteiger charge is -2.17. The lowest BCUT2D eigenvalue weighted by atomic mass is 10.3. The molecule has 0 aromatic carbocycles. The van der Waals surface area contributed by atoms with Gasteiger partial charge in [-0.25, -0.2) is 0 Å². The van der Waals surface area contributed by atoms with Crippen LogP contribution in [-0.2, 0) is 14.4 Å². The van der Waals surface area contributed by atoms with Crippen LogP contribution in [-0.4, -0.2) is 60.3 Å². The molecule has 0 radical (unpaired) electrons. The van der Waals surface area contributed by atoms with Crippen molar-refractivity contribution < 1.29 is 19.5 Å². The molecule has 0 aliphatic heterocycles. The van der Waals surface area contributed by atoms with Crippen LogP contribution in [0.1, 0.15) is 0 Å². The summed E-state index contributed by atoms with van der Waals surface area (Å²) in [4.78, 5) is 33.6. The fourth-order valence-corrected chi connectivity index (χ4v) is 0.987. The highest BCUT2D eigenvalue weighted by atomic mass is 16.4. The van der Waals surface area contributed by atoms with Gasteiger partial charge < -0.3 is 16.6 Å². The van der Waals surface area contributed by atoms with Gasteiger partial charge in [0, 0.05) is 0 Å². The van der Waals surface area contributed by atoms with Crippen molar-refractivity contribution in [2.24, 2.45) is 11.5 Å². The fraction of sp³-hybridized carbons (Fsp3) is 0.625. The molecule has 0 rings (SSSR count). The van der Waals surface area contributed by atoms with Crippen molar-refractivity contribution in [2.75, 3.05) is 32.7 Å². The van der Waals surface area contributed by atoms with Crippen LogP contribution in [0.4, 0.5) is 0 Å². The first-order valence-electron chi connectivity index (χ1n) is 4.37. The summed E-state index contributed by atoms with van der Waals surface area (Å²) in [5.74, 6) is -1.74. The summed E-state index contributed by atoms with van der Waals surface area (Å²) < 4.78 is 0. The van der Waals surface area contributed by atoms with E-state index in [1.54, 1.807) is 0 Å². The van der Waals surface area contributed by atoms with E-state index in [0.717, 1.165) is 0 Å². The molecule has 15 heavy (non-hydrogen) atoms. The Bertz CT molecular complexity index is 236. The maximum absolute atomic E-state index is 11.0. The number of ketones is 2. The molecule has 7 heteroatoms. The Morgan fingerprint density at radius 3 is 1.60 bits per heavy atom. The second-order valence-corrected chi connectivity index (χ2v) is 3.02. The second-order valence-electron chi connectivity index (χ2n) is 3.02. The van der Waals surface area contributed by atoms with Gasteiger partial charge in [-0.3, -0.25) is 19.3 Å². The van der Waals surface area contributed by atoms with Crippen LogP contribution >= 0.6 is 0 Å². The molecular weight excluding hydrogens is 202 g/mol. The van der Waals surface area contributed by atoms with Gasteiger partial charge in [0.15, 0.2) is 11.6 Å². The van der Waals surface area contributed by atoms with Gasteiger partial charge in [0.1, 0.15) is 0 Å². The molecular formula is C8H15N3O4. The molecule has 0 aromatic rings. The maximum Gasteiger partial charge on any atom is 0.317 e. The predicted octanol–water partition coefficient (Wildman–Crippen LogP) is -2.57. The Morgan fingerprint density at radius 1 is 0.933 bits per heavy atom. The number of nitrogens with two attached hydrogens (primary N) is 2. The molecule has 0 aromatic heterocycles. The third-order valence-electron chi connectivity index (χ3n) is 1.61. The van der Waals surface area contributed by atoms with Crippen molar-refractivity contribution in [3.8, 4) is 0 Å². The molecule has 0 aliphatic rings. The quantitative estimate of drug-likeness (QED) is 0.407. The highest BCUT2D eigenvalue weighted by Gasteiger charge is 2.15. The number of hydrogen-bond acceptors (Lipinski definition) is 6. The molecule has 0 saturated heterocycles. The standard InChI is InChI=1S/C8H15N3O4/c9-1-6(12)3-11(5-8(14)15)4-7(13)2-10/h1-5,9-10H2,(H,14,15). The molecule has 0 unspecified atom stereocenters. The van der Waals surface area contributed by atoms with E-state index in [-0.39, 0.29) is 44.3 Å². The van der Waals surface area contributed by atoms with E-state index < -0.39 is 5.97 Å². The molecule has 7 nitrogen and oxygen atoms in total. The summed E-state index contributed by atoms with van der Waals surface area (Å²) in [5.41, 5.74) is 10.2. The molecule has 86 valence electrons. The van der Waals surface area contributed by atoms with E-state index in [1.165, 1.54) is 4.90 Å². The highest BCUT2D eigenvalue weighted by molar-refractivity contribution is 5.86. The monoisotopic (exact) mass is 217 g/mol. The normalized spacial score (nSPS) is 10.3. The number of carboxylic acid groups (broad SMARTS) is 1. The third kappa shape index (κ3) is 6.72. The molecule has 0 spiro atoms. The average Bonchev–Trinajstić information content (AvgIpc) is 2.16. The van der Waals surface area contributed by atoms with E-state index in [4.69, 9.17) is 16.6 Å². The first kappa shape index (κ1) is 13.7. The molecule has 0 heterocycles. The van der Waals surface area contributed by atoms with Crippen LogP contribution < -0.4 is 11.5 Å². The van der Waals surface area contributed by atoms with Gasteiger partial charge in [0.05, 0.1) is 32.7 Å². The molecule has 0 atom stereocenters. The van der Waals surface area contributed by atoms with Crippen molar-refractivity contribution in [1.82, 2.24) is 4.90 Å². The van der Waals surface area contributed by atoms with Gasteiger partial charge in [-0.15, -0.1) is 0 Å². The van der Waals surface area contributed by atoms with Gasteiger partial charge in [-0.2, -0.15) is 0 Å². The topological polar surface area (TPSA) is 127 Å². The van der Waals surface area contributed by atoms with Crippen LogP contribution in [0.2, 0.25) is 0 Å². The summed E-state index contributed by atoms with van der Waals surface area (Å²) in [6.07, 6.45) is 0. The summed E-state index contributed by atoms with van der Waals surface area (Å²) >= 11 is 0. The van der Waals surface area contributed by atoms with Gasteiger partial charge >= 0.3 is 5.97 Å². The van der Waals surface area contributed by atoms with E-state index in [9.17, 15) is 14.4 Å². The lowest BCUT2D eigenvalue weighted by molar-refractivity contribution is -0.138. The van der Waals surface area contributed by atoms with E-state index in [2.05, 4.69) is 0 Å². The van der Waals surface area contributed by atoms with Crippen molar-refractivity contribution in [3.63, 3.8) is 0 Å².